The molecule has 0 fully saturated rings. The fraction of sp³-hybridized carbons (Fsp3) is 0.0833. The second-order valence-corrected chi connectivity index (χ2v) is 7.55. The number of para-hydroxylation sites is 2. The summed E-state index contributed by atoms with van der Waals surface area (Å²) in [5.74, 6) is 0.770. The molecule has 0 aliphatic heterocycles. The van der Waals surface area contributed by atoms with Crippen molar-refractivity contribution in [3.8, 4) is 11.8 Å². The van der Waals surface area contributed by atoms with E-state index in [1.165, 1.54) is 0 Å². The number of ether oxygens (including phenoxy) is 1. The Balaban J connectivity index is 1.49. The quantitative estimate of drug-likeness (QED) is 0.344. The van der Waals surface area contributed by atoms with Gasteiger partial charge in [0.05, 0.1) is 30.0 Å². The number of fused-ring (bicyclic) bond motifs is 1. The molecule has 0 aliphatic carbocycles. The zero-order valence-corrected chi connectivity index (χ0v) is 17.2. The van der Waals surface area contributed by atoms with Crippen molar-refractivity contribution in [3.05, 3.63) is 100 Å². The van der Waals surface area contributed by atoms with Crippen LogP contribution in [-0.2, 0) is 13.2 Å². The summed E-state index contributed by atoms with van der Waals surface area (Å²) in [6.07, 6.45) is 3.66. The highest BCUT2D eigenvalue weighted by molar-refractivity contribution is 9.10. The van der Waals surface area contributed by atoms with E-state index in [4.69, 9.17) is 4.74 Å². The first-order valence-corrected chi connectivity index (χ1v) is 9.98. The lowest BCUT2D eigenvalue weighted by Gasteiger charge is -2.08. The van der Waals surface area contributed by atoms with Crippen LogP contribution in [-0.4, -0.2) is 9.55 Å². The van der Waals surface area contributed by atoms with Crippen LogP contribution in [0.3, 0.4) is 0 Å². The monoisotopic (exact) mass is 443 g/mol. The molecule has 1 heterocycles. The summed E-state index contributed by atoms with van der Waals surface area (Å²) < 4.78 is 8.94. The Morgan fingerprint density at radius 1 is 1.07 bits per heavy atom. The first-order chi connectivity index (χ1) is 14.2. The summed E-state index contributed by atoms with van der Waals surface area (Å²) >= 11 is 3.44. The van der Waals surface area contributed by atoms with Crippen LogP contribution in [0.1, 0.15) is 11.1 Å². The van der Waals surface area contributed by atoms with Gasteiger partial charge in [-0.25, -0.2) is 4.98 Å². The van der Waals surface area contributed by atoms with E-state index in [1.807, 2.05) is 83.4 Å². The molecule has 4 aromatic rings. The highest BCUT2D eigenvalue weighted by Crippen LogP contribution is 2.20. The average Bonchev–Trinajstić information content (AvgIpc) is 3.16. The fourth-order valence-electron chi connectivity index (χ4n) is 3.08. The summed E-state index contributed by atoms with van der Waals surface area (Å²) in [6.45, 7) is 0.966. The van der Waals surface area contributed by atoms with Crippen LogP contribution < -0.4 is 4.74 Å². The summed E-state index contributed by atoms with van der Waals surface area (Å²) in [6, 6.07) is 26.0. The van der Waals surface area contributed by atoms with E-state index in [-0.39, 0.29) is 0 Å². The maximum absolute atomic E-state index is 9.61. The van der Waals surface area contributed by atoms with Crippen molar-refractivity contribution >= 4 is 33.0 Å². The molecule has 0 amide bonds. The van der Waals surface area contributed by atoms with Gasteiger partial charge in [0.1, 0.15) is 12.4 Å². The number of hydrogen-bond donors (Lipinski definition) is 0. The van der Waals surface area contributed by atoms with Gasteiger partial charge in [-0.1, -0.05) is 52.3 Å². The van der Waals surface area contributed by atoms with Crippen molar-refractivity contribution in [2.24, 2.45) is 0 Å². The largest absolute Gasteiger partial charge is 0.489 e. The molecule has 29 heavy (non-hydrogen) atoms. The maximum atomic E-state index is 9.61. The van der Waals surface area contributed by atoms with E-state index in [1.54, 1.807) is 6.33 Å². The first-order valence-electron chi connectivity index (χ1n) is 9.19. The highest BCUT2D eigenvalue weighted by atomic mass is 79.9. The van der Waals surface area contributed by atoms with Crippen molar-refractivity contribution < 1.29 is 4.74 Å². The number of aromatic nitrogens is 2. The Morgan fingerprint density at radius 2 is 1.90 bits per heavy atom. The van der Waals surface area contributed by atoms with Crippen LogP contribution in [0.4, 0.5) is 0 Å². The zero-order chi connectivity index (χ0) is 20.1. The number of halogens is 1. The van der Waals surface area contributed by atoms with Crippen molar-refractivity contribution in [3.63, 3.8) is 0 Å². The average molecular weight is 444 g/mol. The molecule has 4 nitrogen and oxygen atoms in total. The van der Waals surface area contributed by atoms with Crippen molar-refractivity contribution in [2.75, 3.05) is 0 Å². The standard InChI is InChI=1S/C24H18BrN3O/c25-21-10-8-18(9-11-21)16-29-22-5-3-4-19(13-22)12-20(14-26)15-28-17-27-23-6-1-2-7-24(23)28/h1-13,17H,15-16H2/b20-12-. The molecule has 3 aromatic carbocycles. The lowest BCUT2D eigenvalue weighted by atomic mass is 10.1. The second-order valence-electron chi connectivity index (χ2n) is 6.63. The van der Waals surface area contributed by atoms with Crippen LogP contribution in [0, 0.1) is 11.3 Å². The zero-order valence-electron chi connectivity index (χ0n) is 15.6. The van der Waals surface area contributed by atoms with Gasteiger partial charge in [-0.3, -0.25) is 0 Å². The Hall–Kier alpha value is -3.36. The molecule has 0 radical (unpaired) electrons. The lowest BCUT2D eigenvalue weighted by Crippen LogP contribution is -1.98. The van der Waals surface area contributed by atoms with Gasteiger partial charge < -0.3 is 9.30 Å². The van der Waals surface area contributed by atoms with E-state index >= 15 is 0 Å². The van der Waals surface area contributed by atoms with Gasteiger partial charge in [0.15, 0.2) is 0 Å². The lowest BCUT2D eigenvalue weighted by molar-refractivity contribution is 0.306. The molecule has 0 saturated carbocycles. The van der Waals surface area contributed by atoms with Gasteiger partial charge in [0, 0.05) is 10.0 Å². The maximum Gasteiger partial charge on any atom is 0.120 e. The van der Waals surface area contributed by atoms with E-state index in [0.717, 1.165) is 32.4 Å². The second kappa shape index (κ2) is 8.76. The molecule has 5 heteroatoms. The normalized spacial score (nSPS) is 11.4. The van der Waals surface area contributed by atoms with Crippen LogP contribution in [0.25, 0.3) is 17.1 Å². The van der Waals surface area contributed by atoms with E-state index < -0.39 is 0 Å². The SMILES string of the molecule is N#C/C(=C/c1cccc(OCc2ccc(Br)cc2)c1)Cn1cnc2ccccc21. The van der Waals surface area contributed by atoms with Crippen LogP contribution in [0.2, 0.25) is 0 Å². The summed E-state index contributed by atoms with van der Waals surface area (Å²) in [5, 5.41) is 9.61. The molecular formula is C24H18BrN3O. The number of benzene rings is 3. The third-order valence-corrected chi connectivity index (χ3v) is 5.06. The predicted molar refractivity (Wildman–Crippen MR) is 118 cm³/mol. The third kappa shape index (κ3) is 4.74. The van der Waals surface area contributed by atoms with Gasteiger partial charge >= 0.3 is 0 Å². The van der Waals surface area contributed by atoms with Gasteiger partial charge in [-0.15, -0.1) is 0 Å². The van der Waals surface area contributed by atoms with Crippen LogP contribution in [0.15, 0.2) is 89.2 Å². The minimum absolute atomic E-state index is 0.473. The summed E-state index contributed by atoms with van der Waals surface area (Å²) in [4.78, 5) is 4.39. The van der Waals surface area contributed by atoms with Gasteiger partial charge in [0.2, 0.25) is 0 Å². The molecular weight excluding hydrogens is 426 g/mol. The molecule has 0 N–H and O–H groups in total. The van der Waals surface area contributed by atoms with Gasteiger partial charge in [0.25, 0.3) is 0 Å². The molecule has 0 spiro atoms. The molecule has 0 atom stereocenters. The molecule has 0 saturated heterocycles. The Kier molecular flexibility index (Phi) is 5.73. The number of rotatable bonds is 6. The number of nitrogens with zero attached hydrogens (tertiary/aromatic N) is 3. The van der Waals surface area contributed by atoms with E-state index in [0.29, 0.717) is 18.7 Å². The number of hydrogen-bond acceptors (Lipinski definition) is 3. The Morgan fingerprint density at radius 3 is 2.72 bits per heavy atom. The summed E-state index contributed by atoms with van der Waals surface area (Å²) in [7, 11) is 0. The molecule has 0 aliphatic rings. The van der Waals surface area contributed by atoms with Crippen molar-refractivity contribution in [1.82, 2.24) is 9.55 Å². The molecule has 142 valence electrons. The highest BCUT2D eigenvalue weighted by Gasteiger charge is 2.05. The van der Waals surface area contributed by atoms with Gasteiger partial charge in [-0.2, -0.15) is 5.26 Å². The van der Waals surface area contributed by atoms with E-state index in [9.17, 15) is 5.26 Å². The van der Waals surface area contributed by atoms with E-state index in [2.05, 4.69) is 27.0 Å². The predicted octanol–water partition coefficient (Wildman–Crippen LogP) is 5.98. The van der Waals surface area contributed by atoms with Crippen LogP contribution in [0.5, 0.6) is 5.75 Å². The van der Waals surface area contributed by atoms with Gasteiger partial charge in [-0.05, 0) is 53.6 Å². The smallest absolute Gasteiger partial charge is 0.120 e. The van der Waals surface area contributed by atoms with Crippen molar-refractivity contribution in [2.45, 2.75) is 13.2 Å². The molecule has 1 aromatic heterocycles. The minimum atomic E-state index is 0.473. The third-order valence-electron chi connectivity index (χ3n) is 4.53. The molecule has 4 rings (SSSR count). The number of imidazole rings is 1. The fourth-order valence-corrected chi connectivity index (χ4v) is 3.34. The number of nitriles is 1. The first kappa shape index (κ1) is 19.0. The number of allylic oxidation sites excluding steroid dienone is 1. The topological polar surface area (TPSA) is 50.8 Å². The van der Waals surface area contributed by atoms with Crippen LogP contribution >= 0.6 is 15.9 Å². The minimum Gasteiger partial charge on any atom is -0.489 e. The molecule has 0 unspecified atom stereocenters. The Bertz CT molecular complexity index is 1200. The Labute approximate surface area is 177 Å². The van der Waals surface area contributed by atoms with Crippen molar-refractivity contribution in [1.29, 1.82) is 5.26 Å². The molecule has 0 bridgehead atoms. The summed E-state index contributed by atoms with van der Waals surface area (Å²) in [5.41, 5.74) is 4.62.